The van der Waals surface area contributed by atoms with Gasteiger partial charge in [-0.15, -0.1) is 11.3 Å². The number of rotatable bonds is 2. The molecule has 68 valence electrons. The zero-order valence-electron chi connectivity index (χ0n) is 7.55. The van der Waals surface area contributed by atoms with E-state index < -0.39 is 0 Å². The van der Waals surface area contributed by atoms with Crippen molar-refractivity contribution in [2.45, 2.75) is 20.3 Å². The van der Waals surface area contributed by atoms with Crippen molar-refractivity contribution in [2.24, 2.45) is 0 Å². The number of thiophene rings is 1. The molecule has 13 heavy (non-hydrogen) atoms. The van der Waals surface area contributed by atoms with Crippen LogP contribution in [0, 0.1) is 18.3 Å². The smallest absolute Gasteiger partial charge is 0.224 e. The summed E-state index contributed by atoms with van der Waals surface area (Å²) in [4.78, 5) is 12.1. The topological polar surface area (TPSA) is 52.9 Å². The Morgan fingerprint density at radius 1 is 1.77 bits per heavy atom. The maximum Gasteiger partial charge on any atom is 0.224 e. The first kappa shape index (κ1) is 9.75. The lowest BCUT2D eigenvalue weighted by atomic mass is 10.3. The summed E-state index contributed by atoms with van der Waals surface area (Å²) in [6.07, 6.45) is 0.432. The Bertz CT molecular complexity index is 362. The Hall–Kier alpha value is -1.34. The molecule has 0 saturated heterocycles. The van der Waals surface area contributed by atoms with Gasteiger partial charge in [0.2, 0.25) is 5.91 Å². The number of nitrogens with one attached hydrogen (secondary N) is 1. The summed E-state index contributed by atoms with van der Waals surface area (Å²) >= 11 is 1.43. The standard InChI is InChI=1S/C9H10N2OS/c1-3-8(12)11-9-7(5-10)4-6(2)13-9/h4H,3H2,1-2H3,(H,11,12). The highest BCUT2D eigenvalue weighted by molar-refractivity contribution is 7.16. The lowest BCUT2D eigenvalue weighted by molar-refractivity contribution is -0.115. The van der Waals surface area contributed by atoms with E-state index in [2.05, 4.69) is 5.32 Å². The number of anilines is 1. The van der Waals surface area contributed by atoms with Crippen LogP contribution in [0.1, 0.15) is 23.8 Å². The summed E-state index contributed by atoms with van der Waals surface area (Å²) in [7, 11) is 0. The van der Waals surface area contributed by atoms with Crippen molar-refractivity contribution in [3.63, 3.8) is 0 Å². The van der Waals surface area contributed by atoms with Crippen LogP contribution in [0.15, 0.2) is 6.07 Å². The number of carbonyl (C=O) groups is 1. The molecule has 4 heteroatoms. The third kappa shape index (κ3) is 2.30. The number of aryl methyl sites for hydroxylation is 1. The second-order valence-electron chi connectivity index (χ2n) is 2.61. The Kier molecular flexibility index (Phi) is 3.04. The molecule has 1 rings (SSSR count). The summed E-state index contributed by atoms with van der Waals surface area (Å²) in [6, 6.07) is 3.82. The minimum Gasteiger partial charge on any atom is -0.317 e. The SMILES string of the molecule is CCC(=O)Nc1sc(C)cc1C#N. The van der Waals surface area contributed by atoms with Crippen molar-refractivity contribution >= 4 is 22.2 Å². The monoisotopic (exact) mass is 194 g/mol. The second kappa shape index (κ2) is 4.06. The van der Waals surface area contributed by atoms with Crippen LogP contribution in [0.25, 0.3) is 0 Å². The maximum absolute atomic E-state index is 11.0. The molecule has 0 aliphatic rings. The molecule has 1 amide bonds. The number of nitrogens with zero attached hydrogens (tertiary/aromatic N) is 1. The molecular formula is C9H10N2OS. The van der Waals surface area contributed by atoms with E-state index in [1.54, 1.807) is 13.0 Å². The summed E-state index contributed by atoms with van der Waals surface area (Å²) in [5.41, 5.74) is 0.546. The van der Waals surface area contributed by atoms with Crippen LogP contribution in [0.2, 0.25) is 0 Å². The van der Waals surface area contributed by atoms with Crippen LogP contribution in [0.5, 0.6) is 0 Å². The van der Waals surface area contributed by atoms with Crippen LogP contribution in [-0.2, 0) is 4.79 Å². The van der Waals surface area contributed by atoms with E-state index in [1.807, 2.05) is 13.0 Å². The third-order valence-corrected chi connectivity index (χ3v) is 2.52. The predicted molar refractivity (Wildman–Crippen MR) is 52.7 cm³/mol. The van der Waals surface area contributed by atoms with Gasteiger partial charge in [0, 0.05) is 11.3 Å². The minimum atomic E-state index is -0.0571. The first-order valence-electron chi connectivity index (χ1n) is 3.97. The molecule has 1 N–H and O–H groups in total. The molecule has 0 fully saturated rings. The Morgan fingerprint density at radius 2 is 2.46 bits per heavy atom. The molecule has 0 saturated carbocycles. The molecule has 0 bridgehead atoms. The average Bonchev–Trinajstić information content (AvgIpc) is 2.46. The fraction of sp³-hybridized carbons (Fsp3) is 0.333. The van der Waals surface area contributed by atoms with E-state index in [4.69, 9.17) is 5.26 Å². The van der Waals surface area contributed by atoms with Gasteiger partial charge in [0.1, 0.15) is 11.1 Å². The van der Waals surface area contributed by atoms with Crippen molar-refractivity contribution in [1.29, 1.82) is 5.26 Å². The van der Waals surface area contributed by atoms with E-state index in [0.717, 1.165) is 4.88 Å². The first-order valence-corrected chi connectivity index (χ1v) is 4.79. The van der Waals surface area contributed by atoms with E-state index in [0.29, 0.717) is 17.0 Å². The fourth-order valence-corrected chi connectivity index (χ4v) is 1.78. The van der Waals surface area contributed by atoms with Gasteiger partial charge >= 0.3 is 0 Å². The molecule has 1 aromatic rings. The number of hydrogen-bond donors (Lipinski definition) is 1. The van der Waals surface area contributed by atoms with E-state index in [1.165, 1.54) is 11.3 Å². The molecule has 0 atom stereocenters. The summed E-state index contributed by atoms with van der Waals surface area (Å²) < 4.78 is 0. The van der Waals surface area contributed by atoms with Gasteiger partial charge < -0.3 is 5.32 Å². The van der Waals surface area contributed by atoms with Gasteiger partial charge in [-0.25, -0.2) is 0 Å². The van der Waals surface area contributed by atoms with Crippen molar-refractivity contribution in [3.05, 3.63) is 16.5 Å². The van der Waals surface area contributed by atoms with Crippen LogP contribution < -0.4 is 5.32 Å². The number of amides is 1. The number of nitriles is 1. The zero-order valence-corrected chi connectivity index (χ0v) is 8.36. The van der Waals surface area contributed by atoms with Gasteiger partial charge in [-0.3, -0.25) is 4.79 Å². The van der Waals surface area contributed by atoms with Gasteiger partial charge in [-0.1, -0.05) is 6.92 Å². The largest absolute Gasteiger partial charge is 0.317 e. The average molecular weight is 194 g/mol. The van der Waals surface area contributed by atoms with E-state index >= 15 is 0 Å². The molecule has 1 heterocycles. The molecule has 0 aromatic carbocycles. The summed E-state index contributed by atoms with van der Waals surface area (Å²) in [5, 5.41) is 12.1. The minimum absolute atomic E-state index is 0.0571. The first-order chi connectivity index (χ1) is 6.17. The van der Waals surface area contributed by atoms with E-state index in [-0.39, 0.29) is 5.91 Å². The Morgan fingerprint density at radius 3 is 3.00 bits per heavy atom. The zero-order chi connectivity index (χ0) is 9.84. The molecule has 0 radical (unpaired) electrons. The quantitative estimate of drug-likeness (QED) is 0.785. The highest BCUT2D eigenvalue weighted by Gasteiger charge is 2.08. The summed E-state index contributed by atoms with van der Waals surface area (Å²) in [6.45, 7) is 3.69. The second-order valence-corrected chi connectivity index (χ2v) is 3.87. The van der Waals surface area contributed by atoms with Crippen LogP contribution in [0.3, 0.4) is 0 Å². The Labute approximate surface area is 81.0 Å². The number of carbonyl (C=O) groups excluding carboxylic acids is 1. The molecule has 3 nitrogen and oxygen atoms in total. The summed E-state index contributed by atoms with van der Waals surface area (Å²) in [5.74, 6) is -0.0571. The number of hydrogen-bond acceptors (Lipinski definition) is 3. The predicted octanol–water partition coefficient (Wildman–Crippen LogP) is 2.28. The Balaban J connectivity index is 2.88. The van der Waals surface area contributed by atoms with Crippen molar-refractivity contribution in [1.82, 2.24) is 0 Å². The molecule has 0 unspecified atom stereocenters. The van der Waals surface area contributed by atoms with Gasteiger partial charge in [0.25, 0.3) is 0 Å². The van der Waals surface area contributed by atoms with Crippen molar-refractivity contribution < 1.29 is 4.79 Å². The molecule has 0 aliphatic heterocycles. The molecule has 1 aromatic heterocycles. The van der Waals surface area contributed by atoms with Crippen LogP contribution in [0.4, 0.5) is 5.00 Å². The normalized spacial score (nSPS) is 9.31. The van der Waals surface area contributed by atoms with Gasteiger partial charge in [-0.05, 0) is 13.0 Å². The van der Waals surface area contributed by atoms with Crippen LogP contribution in [-0.4, -0.2) is 5.91 Å². The molecular weight excluding hydrogens is 184 g/mol. The van der Waals surface area contributed by atoms with Gasteiger partial charge in [0.05, 0.1) is 5.56 Å². The highest BCUT2D eigenvalue weighted by atomic mass is 32.1. The lowest BCUT2D eigenvalue weighted by Crippen LogP contribution is -2.08. The van der Waals surface area contributed by atoms with Gasteiger partial charge in [-0.2, -0.15) is 5.26 Å². The lowest BCUT2D eigenvalue weighted by Gasteiger charge is -1.98. The van der Waals surface area contributed by atoms with E-state index in [9.17, 15) is 4.79 Å². The van der Waals surface area contributed by atoms with Crippen LogP contribution >= 0.6 is 11.3 Å². The molecule has 0 spiro atoms. The van der Waals surface area contributed by atoms with Crippen molar-refractivity contribution in [2.75, 3.05) is 5.32 Å². The fourth-order valence-electron chi connectivity index (χ4n) is 0.905. The molecule has 0 aliphatic carbocycles. The third-order valence-electron chi connectivity index (χ3n) is 1.55. The maximum atomic E-state index is 11.0. The highest BCUT2D eigenvalue weighted by Crippen LogP contribution is 2.26. The van der Waals surface area contributed by atoms with Gasteiger partial charge in [0.15, 0.2) is 0 Å². The van der Waals surface area contributed by atoms with Crippen molar-refractivity contribution in [3.8, 4) is 6.07 Å².